The normalized spacial score (nSPS) is 11.4. The Balaban J connectivity index is 2.10. The molecular weight excluding hydrogens is 260 g/mol. The van der Waals surface area contributed by atoms with E-state index < -0.39 is 0 Å². The molecule has 1 heterocycles. The van der Waals surface area contributed by atoms with E-state index in [0.29, 0.717) is 13.1 Å². The molecule has 0 unspecified atom stereocenters. The van der Waals surface area contributed by atoms with Crippen LogP contribution in [0.15, 0.2) is 12.4 Å². The summed E-state index contributed by atoms with van der Waals surface area (Å²) in [5, 5.41) is 9.87. The van der Waals surface area contributed by atoms with E-state index in [0.717, 1.165) is 12.8 Å². The van der Waals surface area contributed by atoms with Crippen molar-refractivity contribution in [3.05, 3.63) is 18.0 Å². The lowest BCUT2D eigenvalue weighted by Crippen LogP contribution is -2.42. The van der Waals surface area contributed by atoms with E-state index in [1.165, 1.54) is 5.56 Å². The molecule has 1 rings (SSSR count). The molecule has 0 fully saturated rings. The van der Waals surface area contributed by atoms with E-state index in [-0.39, 0.29) is 10.8 Å². The topological polar surface area (TPSA) is 59.0 Å². The number of carbonyl (C=O) groups is 1. The minimum Gasteiger partial charge on any atom is -0.338 e. The van der Waals surface area contributed by atoms with Crippen LogP contribution in [-0.4, -0.2) is 39.9 Å². The molecule has 0 saturated carbocycles. The van der Waals surface area contributed by atoms with Gasteiger partial charge in [-0.25, -0.2) is 4.79 Å². The van der Waals surface area contributed by atoms with Gasteiger partial charge < -0.3 is 10.6 Å². The first-order valence-corrected chi connectivity index (χ1v) is 7.70. The number of rotatable bonds is 7. The van der Waals surface area contributed by atoms with Crippen molar-refractivity contribution in [1.82, 2.24) is 20.4 Å². The van der Waals surface area contributed by atoms with Crippen LogP contribution in [0.25, 0.3) is 0 Å². The lowest BCUT2D eigenvalue weighted by atomic mass is 10.2. The molecule has 2 amide bonds. The highest BCUT2D eigenvalue weighted by Gasteiger charge is 2.16. The molecule has 0 aliphatic rings. The summed E-state index contributed by atoms with van der Waals surface area (Å²) in [6.07, 6.45) is 7.77. The minimum atomic E-state index is -0.0895. The molecular formula is C13H24N4OS. The average molecular weight is 284 g/mol. The number of amides is 2. The van der Waals surface area contributed by atoms with E-state index in [2.05, 4.69) is 29.6 Å². The fourth-order valence-corrected chi connectivity index (χ4v) is 1.74. The number of urea groups is 1. The number of nitrogens with zero attached hydrogens (tertiary/aromatic N) is 2. The predicted octanol–water partition coefficient (Wildman–Crippen LogP) is 1.79. The van der Waals surface area contributed by atoms with Crippen LogP contribution in [0.2, 0.25) is 0 Å². The van der Waals surface area contributed by atoms with E-state index >= 15 is 0 Å². The third-order valence-electron chi connectivity index (χ3n) is 2.91. The Morgan fingerprint density at radius 2 is 2.21 bits per heavy atom. The first-order chi connectivity index (χ1) is 8.93. The van der Waals surface area contributed by atoms with Gasteiger partial charge in [-0.2, -0.15) is 16.9 Å². The van der Waals surface area contributed by atoms with Gasteiger partial charge in [-0.05, 0) is 38.5 Å². The van der Waals surface area contributed by atoms with Crippen molar-refractivity contribution in [2.24, 2.45) is 7.05 Å². The van der Waals surface area contributed by atoms with Crippen LogP contribution in [0, 0.1) is 0 Å². The Morgan fingerprint density at radius 3 is 2.79 bits per heavy atom. The Labute approximate surface area is 119 Å². The molecule has 0 aromatic carbocycles. The zero-order valence-corrected chi connectivity index (χ0v) is 13.0. The summed E-state index contributed by atoms with van der Waals surface area (Å²) in [4.78, 5) is 11.6. The second-order valence-electron chi connectivity index (χ2n) is 5.20. The molecule has 6 heteroatoms. The molecule has 0 aliphatic heterocycles. The lowest BCUT2D eigenvalue weighted by Gasteiger charge is -2.22. The lowest BCUT2D eigenvalue weighted by molar-refractivity contribution is 0.240. The van der Waals surface area contributed by atoms with Crippen LogP contribution in [0.4, 0.5) is 4.79 Å². The Kier molecular flexibility index (Phi) is 6.21. The van der Waals surface area contributed by atoms with Crippen molar-refractivity contribution in [2.45, 2.75) is 31.4 Å². The summed E-state index contributed by atoms with van der Waals surface area (Å²) < 4.78 is 1.87. The van der Waals surface area contributed by atoms with Gasteiger partial charge in [-0.15, -0.1) is 0 Å². The van der Waals surface area contributed by atoms with E-state index in [1.807, 2.05) is 25.7 Å². The summed E-state index contributed by atoms with van der Waals surface area (Å²) in [6.45, 7) is 5.57. The molecule has 0 bridgehead atoms. The summed E-state index contributed by atoms with van der Waals surface area (Å²) in [7, 11) is 1.91. The fourth-order valence-electron chi connectivity index (χ4n) is 1.52. The summed E-state index contributed by atoms with van der Waals surface area (Å²) in [5.41, 5.74) is 1.20. The van der Waals surface area contributed by atoms with Crippen molar-refractivity contribution in [3.63, 3.8) is 0 Å². The Hall–Kier alpha value is -1.17. The molecule has 1 aromatic rings. The van der Waals surface area contributed by atoms with Gasteiger partial charge in [-0.3, -0.25) is 4.68 Å². The number of aromatic nitrogens is 2. The number of thioether (sulfide) groups is 1. The highest BCUT2D eigenvalue weighted by Crippen LogP contribution is 2.19. The van der Waals surface area contributed by atoms with Gasteiger partial charge >= 0.3 is 6.03 Å². The maximum Gasteiger partial charge on any atom is 0.314 e. The maximum absolute atomic E-state index is 11.6. The van der Waals surface area contributed by atoms with Gasteiger partial charge in [0.15, 0.2) is 0 Å². The second-order valence-corrected chi connectivity index (χ2v) is 6.71. The quantitative estimate of drug-likeness (QED) is 0.751. The minimum absolute atomic E-state index is 0.0764. The van der Waals surface area contributed by atoms with Gasteiger partial charge in [-0.1, -0.05) is 0 Å². The van der Waals surface area contributed by atoms with Crippen molar-refractivity contribution in [1.29, 1.82) is 0 Å². The van der Waals surface area contributed by atoms with Gasteiger partial charge in [0, 0.05) is 31.1 Å². The van der Waals surface area contributed by atoms with Crippen molar-refractivity contribution >= 4 is 17.8 Å². The molecule has 0 radical (unpaired) electrons. The molecule has 0 aliphatic carbocycles. The molecule has 1 aromatic heterocycles. The SMILES string of the molecule is CSC(C)(C)CNC(=O)NCCCc1cnn(C)c1. The second kappa shape index (κ2) is 7.43. The van der Waals surface area contributed by atoms with Gasteiger partial charge in [0.25, 0.3) is 0 Å². The average Bonchev–Trinajstić information content (AvgIpc) is 2.78. The van der Waals surface area contributed by atoms with Gasteiger partial charge in [0.2, 0.25) is 0 Å². The highest BCUT2D eigenvalue weighted by atomic mass is 32.2. The molecule has 108 valence electrons. The summed E-state index contributed by atoms with van der Waals surface area (Å²) in [6, 6.07) is -0.0895. The van der Waals surface area contributed by atoms with E-state index in [9.17, 15) is 4.79 Å². The number of aryl methyl sites for hydroxylation is 2. The van der Waals surface area contributed by atoms with Gasteiger partial charge in [0.1, 0.15) is 0 Å². The van der Waals surface area contributed by atoms with Crippen LogP contribution < -0.4 is 10.6 Å². The van der Waals surface area contributed by atoms with Crippen LogP contribution >= 0.6 is 11.8 Å². The van der Waals surface area contributed by atoms with Gasteiger partial charge in [0.05, 0.1) is 6.20 Å². The molecule has 0 saturated heterocycles. The summed E-state index contributed by atoms with van der Waals surface area (Å²) in [5.74, 6) is 0. The molecule has 5 nitrogen and oxygen atoms in total. The zero-order valence-electron chi connectivity index (χ0n) is 12.2. The largest absolute Gasteiger partial charge is 0.338 e. The molecule has 0 atom stereocenters. The number of carbonyl (C=O) groups excluding carboxylic acids is 1. The third kappa shape index (κ3) is 6.52. The summed E-state index contributed by atoms with van der Waals surface area (Å²) >= 11 is 1.75. The van der Waals surface area contributed by atoms with Crippen molar-refractivity contribution in [3.8, 4) is 0 Å². The third-order valence-corrected chi connectivity index (χ3v) is 4.16. The van der Waals surface area contributed by atoms with E-state index in [1.54, 1.807) is 16.4 Å². The first kappa shape index (κ1) is 15.9. The van der Waals surface area contributed by atoms with Crippen LogP contribution in [-0.2, 0) is 13.5 Å². The predicted molar refractivity (Wildman–Crippen MR) is 80.5 cm³/mol. The van der Waals surface area contributed by atoms with Crippen LogP contribution in [0.5, 0.6) is 0 Å². The molecule has 19 heavy (non-hydrogen) atoms. The van der Waals surface area contributed by atoms with Crippen LogP contribution in [0.1, 0.15) is 25.8 Å². The van der Waals surface area contributed by atoms with E-state index in [4.69, 9.17) is 0 Å². The molecule has 2 N–H and O–H groups in total. The standard InChI is InChI=1S/C13H24N4OS/c1-13(2,19-4)10-15-12(18)14-7-5-6-11-8-16-17(3)9-11/h8-9H,5-7,10H2,1-4H3,(H2,14,15,18). The number of hydrogen-bond donors (Lipinski definition) is 2. The number of hydrogen-bond acceptors (Lipinski definition) is 3. The van der Waals surface area contributed by atoms with Crippen LogP contribution in [0.3, 0.4) is 0 Å². The monoisotopic (exact) mass is 284 g/mol. The first-order valence-electron chi connectivity index (χ1n) is 6.47. The number of nitrogens with one attached hydrogen (secondary N) is 2. The maximum atomic E-state index is 11.6. The smallest absolute Gasteiger partial charge is 0.314 e. The highest BCUT2D eigenvalue weighted by molar-refractivity contribution is 7.99. The van der Waals surface area contributed by atoms with Crippen molar-refractivity contribution in [2.75, 3.05) is 19.3 Å². The Morgan fingerprint density at radius 1 is 1.47 bits per heavy atom. The Bertz CT molecular complexity index is 403. The zero-order chi connectivity index (χ0) is 14.3. The fraction of sp³-hybridized carbons (Fsp3) is 0.692. The molecule has 0 spiro atoms. The van der Waals surface area contributed by atoms with Crippen molar-refractivity contribution < 1.29 is 4.79 Å².